The molecule has 2 aromatic rings. The Balaban J connectivity index is 2.34. The average molecular weight is 314 g/mol. The van der Waals surface area contributed by atoms with Crippen LogP contribution in [0.2, 0.25) is 0 Å². The summed E-state index contributed by atoms with van der Waals surface area (Å²) in [5.41, 5.74) is 0.641. The molecule has 2 N–H and O–H groups in total. The Morgan fingerprint density at radius 2 is 2.35 bits per heavy atom. The van der Waals surface area contributed by atoms with E-state index in [9.17, 15) is 4.79 Å². The van der Waals surface area contributed by atoms with E-state index in [1.54, 1.807) is 11.3 Å². The van der Waals surface area contributed by atoms with Crippen LogP contribution in [0.5, 0.6) is 0 Å². The third-order valence-electron chi connectivity index (χ3n) is 2.16. The quantitative estimate of drug-likeness (QED) is 0.911. The van der Waals surface area contributed by atoms with E-state index in [0.717, 1.165) is 20.9 Å². The molecule has 0 saturated heterocycles. The average Bonchev–Trinajstić information content (AvgIpc) is 2.72. The normalized spacial score (nSPS) is 10.7. The molecule has 0 aliphatic carbocycles. The van der Waals surface area contributed by atoms with E-state index in [4.69, 9.17) is 0 Å². The van der Waals surface area contributed by atoms with Crippen molar-refractivity contribution < 1.29 is 0 Å². The zero-order valence-electron chi connectivity index (χ0n) is 9.29. The van der Waals surface area contributed by atoms with E-state index >= 15 is 0 Å². The van der Waals surface area contributed by atoms with Crippen LogP contribution in [0, 0.1) is 0 Å². The summed E-state index contributed by atoms with van der Waals surface area (Å²) < 4.78 is 1.02. The van der Waals surface area contributed by atoms with Gasteiger partial charge in [0.1, 0.15) is 0 Å². The minimum absolute atomic E-state index is 0.118. The van der Waals surface area contributed by atoms with Gasteiger partial charge in [-0.25, -0.2) is 4.98 Å². The molecule has 0 aliphatic rings. The number of hydrogen-bond donors (Lipinski definition) is 2. The highest BCUT2D eigenvalue weighted by molar-refractivity contribution is 9.11. The van der Waals surface area contributed by atoms with Gasteiger partial charge in [-0.2, -0.15) is 0 Å². The highest BCUT2D eigenvalue weighted by Crippen LogP contribution is 2.28. The van der Waals surface area contributed by atoms with Crippen molar-refractivity contribution in [3.05, 3.63) is 38.0 Å². The molecule has 2 heterocycles. The molecule has 2 aromatic heterocycles. The minimum atomic E-state index is -0.118. The van der Waals surface area contributed by atoms with Gasteiger partial charge in [0.25, 0.3) is 5.56 Å². The van der Waals surface area contributed by atoms with Crippen LogP contribution < -0.4 is 10.9 Å². The topological polar surface area (TPSA) is 57.8 Å². The molecule has 0 aromatic carbocycles. The maximum absolute atomic E-state index is 11.5. The van der Waals surface area contributed by atoms with E-state index < -0.39 is 0 Å². The Labute approximate surface area is 111 Å². The minimum Gasteiger partial charge on any atom is -0.311 e. The zero-order chi connectivity index (χ0) is 12.3. The molecule has 0 radical (unpaired) electrons. The lowest BCUT2D eigenvalue weighted by Gasteiger charge is -2.03. The molecule has 0 unspecified atom stereocenters. The second-order valence-electron chi connectivity index (χ2n) is 3.47. The summed E-state index contributed by atoms with van der Waals surface area (Å²) in [6.07, 6.45) is 0. The van der Waals surface area contributed by atoms with E-state index in [0.29, 0.717) is 12.4 Å². The van der Waals surface area contributed by atoms with Crippen LogP contribution in [-0.2, 0) is 6.54 Å². The number of rotatable bonds is 4. The van der Waals surface area contributed by atoms with Crippen molar-refractivity contribution in [2.75, 3.05) is 6.54 Å². The molecular weight excluding hydrogens is 302 g/mol. The van der Waals surface area contributed by atoms with Gasteiger partial charge in [-0.05, 0) is 34.6 Å². The molecule has 0 spiro atoms. The van der Waals surface area contributed by atoms with Gasteiger partial charge in [0.2, 0.25) is 0 Å². The lowest BCUT2D eigenvalue weighted by molar-refractivity contribution is 0.708. The summed E-state index contributed by atoms with van der Waals surface area (Å²) in [5.74, 6) is 0.626. The Morgan fingerprint density at radius 1 is 1.53 bits per heavy atom. The van der Waals surface area contributed by atoms with E-state index in [-0.39, 0.29) is 5.56 Å². The summed E-state index contributed by atoms with van der Waals surface area (Å²) >= 11 is 4.94. The molecule has 90 valence electrons. The maximum atomic E-state index is 11.5. The van der Waals surface area contributed by atoms with Crippen LogP contribution in [0.3, 0.4) is 0 Å². The van der Waals surface area contributed by atoms with E-state index in [1.165, 1.54) is 6.07 Å². The molecule has 0 aliphatic heterocycles. The van der Waals surface area contributed by atoms with E-state index in [1.807, 2.05) is 19.1 Å². The smallest absolute Gasteiger partial charge is 0.251 e. The number of nitrogens with zero attached hydrogens (tertiary/aromatic N) is 1. The van der Waals surface area contributed by atoms with Gasteiger partial charge in [0.15, 0.2) is 5.82 Å². The SMILES string of the molecule is CCNCc1cc(=O)[nH]c(-c2ccc(Br)s2)n1. The molecule has 6 heteroatoms. The number of aromatic nitrogens is 2. The molecule has 0 fully saturated rings. The molecule has 2 rings (SSSR count). The van der Waals surface area contributed by atoms with Crippen LogP contribution in [0.25, 0.3) is 10.7 Å². The summed E-state index contributed by atoms with van der Waals surface area (Å²) in [5, 5.41) is 3.15. The molecule has 0 saturated carbocycles. The van der Waals surface area contributed by atoms with Crippen LogP contribution in [0.15, 0.2) is 26.8 Å². The molecule has 17 heavy (non-hydrogen) atoms. The fraction of sp³-hybridized carbons (Fsp3) is 0.273. The summed E-state index contributed by atoms with van der Waals surface area (Å²) in [6.45, 7) is 3.48. The van der Waals surface area contributed by atoms with Crippen molar-refractivity contribution in [3.63, 3.8) is 0 Å². The number of hydrogen-bond acceptors (Lipinski definition) is 4. The zero-order valence-corrected chi connectivity index (χ0v) is 11.7. The van der Waals surface area contributed by atoms with Crippen LogP contribution in [0.4, 0.5) is 0 Å². The van der Waals surface area contributed by atoms with Gasteiger partial charge in [-0.15, -0.1) is 11.3 Å². The third-order valence-corrected chi connectivity index (χ3v) is 3.79. The van der Waals surface area contributed by atoms with Crippen LogP contribution in [-0.4, -0.2) is 16.5 Å². The Bertz CT molecular complexity index is 564. The summed E-state index contributed by atoms with van der Waals surface area (Å²) in [4.78, 5) is 19.7. The van der Waals surface area contributed by atoms with Gasteiger partial charge in [0.05, 0.1) is 14.4 Å². The van der Waals surface area contributed by atoms with E-state index in [2.05, 4.69) is 31.2 Å². The highest BCUT2D eigenvalue weighted by atomic mass is 79.9. The van der Waals surface area contributed by atoms with Crippen molar-refractivity contribution in [2.45, 2.75) is 13.5 Å². The van der Waals surface area contributed by atoms with Gasteiger partial charge in [0, 0.05) is 12.6 Å². The molecule has 0 atom stereocenters. The van der Waals surface area contributed by atoms with Crippen molar-refractivity contribution in [3.8, 4) is 10.7 Å². The lowest BCUT2D eigenvalue weighted by Crippen LogP contribution is -2.17. The highest BCUT2D eigenvalue weighted by Gasteiger charge is 2.06. The lowest BCUT2D eigenvalue weighted by atomic mass is 10.3. The second kappa shape index (κ2) is 5.57. The first kappa shape index (κ1) is 12.5. The van der Waals surface area contributed by atoms with Crippen molar-refractivity contribution in [1.29, 1.82) is 0 Å². The monoisotopic (exact) mass is 313 g/mol. The standard InChI is InChI=1S/C11H12BrN3OS/c1-2-13-6-7-5-10(16)15-11(14-7)8-3-4-9(12)17-8/h3-5,13H,2,6H2,1H3,(H,14,15,16). The van der Waals surface area contributed by atoms with Gasteiger partial charge < -0.3 is 10.3 Å². The number of nitrogens with one attached hydrogen (secondary N) is 2. The molecule has 0 amide bonds. The number of thiophene rings is 1. The Kier molecular flexibility index (Phi) is 4.09. The van der Waals surface area contributed by atoms with Crippen molar-refractivity contribution in [1.82, 2.24) is 15.3 Å². The summed E-state index contributed by atoms with van der Waals surface area (Å²) in [6, 6.07) is 5.40. The number of aromatic amines is 1. The maximum Gasteiger partial charge on any atom is 0.251 e. The predicted octanol–water partition coefficient (Wildman–Crippen LogP) is 2.37. The second-order valence-corrected chi connectivity index (χ2v) is 5.93. The number of H-pyrrole nitrogens is 1. The molecule has 0 bridgehead atoms. The number of halogens is 1. The Hall–Kier alpha value is -0.980. The van der Waals surface area contributed by atoms with Crippen LogP contribution >= 0.6 is 27.3 Å². The van der Waals surface area contributed by atoms with Crippen molar-refractivity contribution in [2.24, 2.45) is 0 Å². The third kappa shape index (κ3) is 3.24. The fourth-order valence-electron chi connectivity index (χ4n) is 1.41. The van der Waals surface area contributed by atoms with Crippen LogP contribution in [0.1, 0.15) is 12.6 Å². The van der Waals surface area contributed by atoms with Gasteiger partial charge in [-0.1, -0.05) is 6.92 Å². The largest absolute Gasteiger partial charge is 0.311 e. The van der Waals surface area contributed by atoms with Gasteiger partial charge in [-0.3, -0.25) is 4.79 Å². The predicted molar refractivity (Wildman–Crippen MR) is 73.3 cm³/mol. The van der Waals surface area contributed by atoms with Gasteiger partial charge >= 0.3 is 0 Å². The first-order chi connectivity index (χ1) is 8.19. The first-order valence-corrected chi connectivity index (χ1v) is 6.86. The fourth-order valence-corrected chi connectivity index (χ4v) is 2.74. The summed E-state index contributed by atoms with van der Waals surface area (Å²) in [7, 11) is 0. The Morgan fingerprint density at radius 3 is 3.00 bits per heavy atom. The first-order valence-electron chi connectivity index (χ1n) is 5.25. The van der Waals surface area contributed by atoms with Crippen molar-refractivity contribution >= 4 is 27.3 Å². The molecule has 4 nitrogen and oxygen atoms in total. The molecular formula is C11H12BrN3OS.